The Morgan fingerprint density at radius 2 is 1.89 bits per heavy atom. The van der Waals surface area contributed by atoms with Gasteiger partial charge >= 0.3 is 0 Å². The van der Waals surface area contributed by atoms with Crippen molar-refractivity contribution in [2.24, 2.45) is 5.73 Å². The molecule has 0 heterocycles. The van der Waals surface area contributed by atoms with Crippen LogP contribution in [0.1, 0.15) is 36.0 Å². The zero-order chi connectivity index (χ0) is 13.8. The van der Waals surface area contributed by atoms with E-state index in [2.05, 4.69) is 26.6 Å². The fourth-order valence-corrected chi connectivity index (χ4v) is 3.14. The van der Waals surface area contributed by atoms with Crippen LogP contribution in [0.15, 0.2) is 22.7 Å². The number of hydrogen-bond acceptors (Lipinski definition) is 3. The lowest BCUT2D eigenvalue weighted by Gasteiger charge is -2.29. The van der Waals surface area contributed by atoms with E-state index in [9.17, 15) is 4.79 Å². The molecule has 0 radical (unpaired) electrons. The molecule has 1 saturated carbocycles. The molecule has 4 nitrogen and oxygen atoms in total. The highest BCUT2D eigenvalue weighted by Crippen LogP contribution is 2.25. The summed E-state index contributed by atoms with van der Waals surface area (Å²) < 4.78 is 0.744. The smallest absolute Gasteiger partial charge is 0.249 e. The third-order valence-electron chi connectivity index (χ3n) is 3.74. The van der Waals surface area contributed by atoms with Gasteiger partial charge in [0.05, 0.1) is 5.56 Å². The maximum atomic E-state index is 11.2. The molecule has 0 aromatic heterocycles. The van der Waals surface area contributed by atoms with Gasteiger partial charge in [0.2, 0.25) is 5.91 Å². The van der Waals surface area contributed by atoms with Crippen molar-refractivity contribution < 1.29 is 4.79 Å². The Labute approximate surface area is 122 Å². The molecule has 0 saturated heterocycles. The number of nitrogens with two attached hydrogens (primary N) is 1. The van der Waals surface area contributed by atoms with Gasteiger partial charge < -0.3 is 16.4 Å². The van der Waals surface area contributed by atoms with Gasteiger partial charge in [-0.05, 0) is 66.9 Å². The van der Waals surface area contributed by atoms with Gasteiger partial charge in [0, 0.05) is 22.2 Å². The number of primary amides is 1. The largest absolute Gasteiger partial charge is 0.382 e. The Kier molecular flexibility index (Phi) is 4.82. The second kappa shape index (κ2) is 6.39. The predicted octanol–water partition coefficient (Wildman–Crippen LogP) is 2.49. The van der Waals surface area contributed by atoms with Gasteiger partial charge in [-0.2, -0.15) is 0 Å². The third-order valence-corrected chi connectivity index (χ3v) is 4.40. The molecule has 0 unspecified atom stereocenters. The maximum Gasteiger partial charge on any atom is 0.249 e. The topological polar surface area (TPSA) is 67.2 Å². The van der Waals surface area contributed by atoms with Crippen LogP contribution in [-0.2, 0) is 0 Å². The summed E-state index contributed by atoms with van der Waals surface area (Å²) in [5.41, 5.74) is 6.83. The van der Waals surface area contributed by atoms with Gasteiger partial charge in [-0.15, -0.1) is 0 Å². The number of carbonyl (C=O) groups is 1. The fraction of sp³-hybridized carbons (Fsp3) is 0.500. The molecule has 1 aromatic rings. The quantitative estimate of drug-likeness (QED) is 0.796. The number of anilines is 1. The van der Waals surface area contributed by atoms with Crippen molar-refractivity contribution in [1.82, 2.24) is 5.32 Å². The van der Waals surface area contributed by atoms with Crippen LogP contribution in [-0.4, -0.2) is 25.0 Å². The normalized spacial score (nSPS) is 23.1. The van der Waals surface area contributed by atoms with Crippen molar-refractivity contribution >= 4 is 27.5 Å². The van der Waals surface area contributed by atoms with E-state index in [0.29, 0.717) is 17.6 Å². The third kappa shape index (κ3) is 3.70. The summed E-state index contributed by atoms with van der Waals surface area (Å²) >= 11 is 3.38. The SMILES string of the molecule is CNC1CCC(Nc2ccc(C(N)=O)c(Br)c2)CC1. The van der Waals surface area contributed by atoms with Crippen molar-refractivity contribution in [2.45, 2.75) is 37.8 Å². The lowest BCUT2D eigenvalue weighted by Crippen LogP contribution is -2.34. The Hall–Kier alpha value is -1.07. The van der Waals surface area contributed by atoms with Crippen molar-refractivity contribution in [3.8, 4) is 0 Å². The summed E-state index contributed by atoms with van der Waals surface area (Å²) in [7, 11) is 2.03. The second-order valence-electron chi connectivity index (χ2n) is 5.04. The highest BCUT2D eigenvalue weighted by Gasteiger charge is 2.19. The first-order valence-electron chi connectivity index (χ1n) is 6.63. The number of benzene rings is 1. The summed E-state index contributed by atoms with van der Waals surface area (Å²) in [6, 6.07) is 6.76. The highest BCUT2D eigenvalue weighted by molar-refractivity contribution is 9.10. The molecule has 1 amide bonds. The number of rotatable bonds is 4. The van der Waals surface area contributed by atoms with E-state index < -0.39 is 5.91 Å². The second-order valence-corrected chi connectivity index (χ2v) is 5.89. The summed E-state index contributed by atoms with van der Waals surface area (Å²) in [6.45, 7) is 0. The molecule has 5 heteroatoms. The average molecular weight is 326 g/mol. The molecule has 19 heavy (non-hydrogen) atoms. The van der Waals surface area contributed by atoms with E-state index in [0.717, 1.165) is 10.2 Å². The Morgan fingerprint density at radius 1 is 1.26 bits per heavy atom. The Bertz CT molecular complexity index is 456. The summed E-state index contributed by atoms with van der Waals surface area (Å²) in [6.07, 6.45) is 4.74. The van der Waals surface area contributed by atoms with Crippen LogP contribution in [0.4, 0.5) is 5.69 Å². The molecule has 1 fully saturated rings. The van der Waals surface area contributed by atoms with Crippen LogP contribution < -0.4 is 16.4 Å². The maximum absolute atomic E-state index is 11.2. The van der Waals surface area contributed by atoms with E-state index in [1.165, 1.54) is 25.7 Å². The highest BCUT2D eigenvalue weighted by atomic mass is 79.9. The fourth-order valence-electron chi connectivity index (χ4n) is 2.57. The van der Waals surface area contributed by atoms with Gasteiger partial charge in [-0.25, -0.2) is 0 Å². The first-order valence-corrected chi connectivity index (χ1v) is 7.42. The summed E-state index contributed by atoms with van der Waals surface area (Å²) in [4.78, 5) is 11.2. The molecule has 4 N–H and O–H groups in total. The van der Waals surface area contributed by atoms with Crippen LogP contribution >= 0.6 is 15.9 Å². The van der Waals surface area contributed by atoms with E-state index in [1.807, 2.05) is 19.2 Å². The van der Waals surface area contributed by atoms with Gasteiger partial charge in [0.15, 0.2) is 0 Å². The first kappa shape index (κ1) is 14.3. The van der Waals surface area contributed by atoms with Gasteiger partial charge in [-0.1, -0.05) is 0 Å². The minimum absolute atomic E-state index is 0.409. The molecule has 1 aliphatic rings. The molecule has 1 aromatic carbocycles. The van der Waals surface area contributed by atoms with Crippen LogP contribution in [0.25, 0.3) is 0 Å². The molecule has 0 atom stereocenters. The molecule has 2 rings (SSSR count). The number of halogens is 1. The minimum Gasteiger partial charge on any atom is -0.382 e. The number of carbonyl (C=O) groups excluding carboxylic acids is 1. The summed E-state index contributed by atoms with van der Waals surface area (Å²) in [5, 5.41) is 6.85. The van der Waals surface area contributed by atoms with Gasteiger partial charge in [0.1, 0.15) is 0 Å². The van der Waals surface area contributed by atoms with E-state index >= 15 is 0 Å². The Morgan fingerprint density at radius 3 is 2.42 bits per heavy atom. The number of hydrogen-bond donors (Lipinski definition) is 3. The standard InChI is InChI=1S/C14H20BrN3O/c1-17-9-2-4-10(5-3-9)18-11-6-7-12(14(16)19)13(15)8-11/h6-10,17-18H,2-5H2,1H3,(H2,16,19). The molecule has 104 valence electrons. The average Bonchev–Trinajstić information content (AvgIpc) is 2.39. The zero-order valence-electron chi connectivity index (χ0n) is 11.1. The molecular formula is C14H20BrN3O. The number of amides is 1. The van der Waals surface area contributed by atoms with E-state index in [4.69, 9.17) is 5.73 Å². The van der Waals surface area contributed by atoms with Crippen LogP contribution in [0, 0.1) is 0 Å². The summed E-state index contributed by atoms with van der Waals surface area (Å²) in [5.74, 6) is -0.409. The van der Waals surface area contributed by atoms with Crippen molar-refractivity contribution in [3.63, 3.8) is 0 Å². The van der Waals surface area contributed by atoms with Crippen molar-refractivity contribution in [3.05, 3.63) is 28.2 Å². The molecule has 0 bridgehead atoms. The van der Waals surface area contributed by atoms with E-state index in [-0.39, 0.29) is 0 Å². The van der Waals surface area contributed by atoms with E-state index in [1.54, 1.807) is 6.07 Å². The van der Waals surface area contributed by atoms with Crippen LogP contribution in [0.2, 0.25) is 0 Å². The van der Waals surface area contributed by atoms with Gasteiger partial charge in [0.25, 0.3) is 0 Å². The van der Waals surface area contributed by atoms with Gasteiger partial charge in [-0.3, -0.25) is 4.79 Å². The molecule has 1 aliphatic carbocycles. The van der Waals surface area contributed by atoms with Crippen LogP contribution in [0.5, 0.6) is 0 Å². The molecular weight excluding hydrogens is 306 g/mol. The zero-order valence-corrected chi connectivity index (χ0v) is 12.7. The van der Waals surface area contributed by atoms with Crippen molar-refractivity contribution in [2.75, 3.05) is 12.4 Å². The van der Waals surface area contributed by atoms with Crippen LogP contribution in [0.3, 0.4) is 0 Å². The predicted molar refractivity (Wildman–Crippen MR) is 81.4 cm³/mol. The van der Waals surface area contributed by atoms with Crippen molar-refractivity contribution in [1.29, 1.82) is 0 Å². The minimum atomic E-state index is -0.409. The number of nitrogens with one attached hydrogen (secondary N) is 2. The Balaban J connectivity index is 1.97. The lowest BCUT2D eigenvalue weighted by atomic mass is 9.91. The monoisotopic (exact) mass is 325 g/mol. The molecule has 0 spiro atoms. The lowest BCUT2D eigenvalue weighted by molar-refractivity contribution is 0.0999. The molecule has 0 aliphatic heterocycles. The first-order chi connectivity index (χ1) is 9.10.